The van der Waals surface area contributed by atoms with Crippen molar-refractivity contribution in [2.75, 3.05) is 40.5 Å². The normalized spacial score (nSPS) is 25.6. The zero-order chi connectivity index (χ0) is 12.1. The van der Waals surface area contributed by atoms with E-state index in [0.717, 1.165) is 0 Å². The first-order valence-electron chi connectivity index (χ1n) is 4.96. The lowest BCUT2D eigenvalue weighted by Crippen LogP contribution is -2.37. The number of urea groups is 1. The van der Waals surface area contributed by atoms with E-state index in [-0.39, 0.29) is 12.6 Å². The van der Waals surface area contributed by atoms with Crippen molar-refractivity contribution in [2.45, 2.75) is 10.3 Å². The molecule has 0 spiro atoms. The fourth-order valence-corrected chi connectivity index (χ4v) is 2.40. The van der Waals surface area contributed by atoms with E-state index >= 15 is 0 Å². The molecule has 0 saturated carbocycles. The number of hydrogen-bond donors (Lipinski definition) is 0. The highest BCUT2D eigenvalue weighted by Gasteiger charge is 2.44. The molecular weight excluding hydrogens is 330 g/mol. The van der Waals surface area contributed by atoms with Crippen LogP contribution in [0.3, 0.4) is 0 Å². The predicted octanol–water partition coefficient (Wildman–Crippen LogP) is 1.07. The van der Waals surface area contributed by atoms with E-state index in [1.54, 1.807) is 7.11 Å². The summed E-state index contributed by atoms with van der Waals surface area (Å²) < 4.78 is 23.1. The van der Waals surface area contributed by atoms with Crippen LogP contribution in [0.15, 0.2) is 0 Å². The number of methoxy groups -OCH3 is 2. The zero-order valence-electron chi connectivity index (χ0n) is 9.36. The predicted molar refractivity (Wildman–Crippen MR) is 65.3 cm³/mol. The fourth-order valence-electron chi connectivity index (χ4n) is 1.49. The van der Waals surface area contributed by atoms with Gasteiger partial charge in [0, 0.05) is 27.3 Å². The molecule has 2 unspecified atom stereocenters. The van der Waals surface area contributed by atoms with E-state index in [1.807, 2.05) is 22.6 Å². The molecule has 1 aliphatic rings. The number of halogens is 2. The maximum Gasteiger partial charge on any atom is 0.323 e. The number of hydrogen-bond acceptors (Lipinski definition) is 3. The second-order valence-corrected chi connectivity index (χ2v) is 4.68. The summed E-state index contributed by atoms with van der Waals surface area (Å²) in [5.41, 5.74) is 0. The molecule has 0 bridgehead atoms. The van der Waals surface area contributed by atoms with Gasteiger partial charge in [-0.2, -0.15) is 0 Å². The lowest BCUT2D eigenvalue weighted by Gasteiger charge is -2.18. The molecule has 0 aromatic rings. The van der Waals surface area contributed by atoms with Crippen molar-refractivity contribution >= 4 is 28.6 Å². The highest BCUT2D eigenvalue weighted by Crippen LogP contribution is 2.28. The van der Waals surface area contributed by atoms with Gasteiger partial charge < -0.3 is 14.4 Å². The Labute approximate surface area is 108 Å². The number of nitrogens with zero attached hydrogens (tertiary/aromatic N) is 2. The quantitative estimate of drug-likeness (QED) is 0.411. The third-order valence-electron chi connectivity index (χ3n) is 2.39. The van der Waals surface area contributed by atoms with Crippen molar-refractivity contribution in [1.82, 2.24) is 9.80 Å². The molecule has 94 valence electrons. The second kappa shape index (κ2) is 6.55. The molecule has 0 aromatic heterocycles. The fraction of sp³-hybridized carbons (Fsp3) is 0.889. The Morgan fingerprint density at radius 3 is 2.25 bits per heavy atom. The monoisotopic (exact) mass is 346 g/mol. The van der Waals surface area contributed by atoms with Gasteiger partial charge >= 0.3 is 6.03 Å². The van der Waals surface area contributed by atoms with E-state index in [1.165, 1.54) is 16.9 Å². The number of ether oxygens (including phenoxy) is 2. The van der Waals surface area contributed by atoms with Crippen LogP contribution in [-0.4, -0.2) is 66.7 Å². The van der Waals surface area contributed by atoms with Crippen LogP contribution in [0.1, 0.15) is 0 Å². The van der Waals surface area contributed by atoms with Gasteiger partial charge in [-0.25, -0.2) is 9.18 Å². The van der Waals surface area contributed by atoms with Gasteiger partial charge in [0.25, 0.3) is 0 Å². The smallest absolute Gasteiger partial charge is 0.323 e. The Bertz CT molecular complexity index is 223. The first-order valence-corrected chi connectivity index (χ1v) is 6.21. The van der Waals surface area contributed by atoms with Crippen LogP contribution < -0.4 is 0 Å². The number of carbonyl (C=O) groups excluding carboxylic acids is 1. The summed E-state index contributed by atoms with van der Waals surface area (Å²) in [6.45, 7) is 1.44. The molecule has 2 atom stereocenters. The highest BCUT2D eigenvalue weighted by atomic mass is 127. The van der Waals surface area contributed by atoms with E-state index in [4.69, 9.17) is 9.47 Å². The molecule has 0 aliphatic carbocycles. The Morgan fingerprint density at radius 2 is 1.75 bits per heavy atom. The molecule has 7 heteroatoms. The Balaban J connectivity index is 2.58. The average molecular weight is 346 g/mol. The van der Waals surface area contributed by atoms with E-state index in [2.05, 4.69) is 0 Å². The van der Waals surface area contributed by atoms with Gasteiger partial charge in [-0.1, -0.05) is 22.6 Å². The summed E-state index contributed by atoms with van der Waals surface area (Å²) in [4.78, 5) is 14.5. The van der Waals surface area contributed by atoms with Crippen LogP contribution in [0.25, 0.3) is 0 Å². The van der Waals surface area contributed by atoms with Gasteiger partial charge in [-0.05, 0) is 0 Å². The van der Waals surface area contributed by atoms with Gasteiger partial charge in [0.2, 0.25) is 6.30 Å². The Hall–Kier alpha value is -0.150. The summed E-state index contributed by atoms with van der Waals surface area (Å²) in [7, 11) is 3.08. The van der Waals surface area contributed by atoms with Crippen molar-refractivity contribution in [3.63, 3.8) is 0 Å². The zero-order valence-corrected chi connectivity index (χ0v) is 11.5. The molecule has 1 aliphatic heterocycles. The summed E-state index contributed by atoms with van der Waals surface area (Å²) in [5.74, 6) is 0. The Morgan fingerprint density at radius 1 is 1.25 bits per heavy atom. The standard InChI is InChI=1S/C9H16FIN2O3/c1-15-5-3-12-7(10)8(11)13(9(12)14)4-6-16-2/h7-8H,3-6H2,1-2H3. The molecule has 0 radical (unpaired) electrons. The molecule has 1 fully saturated rings. The third kappa shape index (κ3) is 2.95. The summed E-state index contributed by atoms with van der Waals surface area (Å²) in [6.07, 6.45) is -1.28. The molecule has 16 heavy (non-hydrogen) atoms. The number of rotatable bonds is 6. The first-order chi connectivity index (χ1) is 7.63. The van der Waals surface area contributed by atoms with Gasteiger partial charge in [-0.15, -0.1) is 0 Å². The van der Waals surface area contributed by atoms with Crippen molar-refractivity contribution in [1.29, 1.82) is 0 Å². The summed E-state index contributed by atoms with van der Waals surface area (Å²) >= 11 is 1.93. The second-order valence-electron chi connectivity index (χ2n) is 3.40. The van der Waals surface area contributed by atoms with E-state index in [9.17, 15) is 9.18 Å². The summed E-state index contributed by atoms with van der Waals surface area (Å²) in [5, 5.41) is 0. The van der Waals surface area contributed by atoms with Gasteiger partial charge in [0.05, 0.1) is 13.2 Å². The lowest BCUT2D eigenvalue weighted by molar-refractivity contribution is 0.105. The minimum atomic E-state index is -1.28. The number of alkyl halides is 2. The number of carbonyl (C=O) groups is 1. The maximum atomic E-state index is 13.8. The molecule has 1 rings (SSSR count). The molecule has 1 heterocycles. The average Bonchev–Trinajstić information content (AvgIpc) is 2.47. The third-order valence-corrected chi connectivity index (χ3v) is 3.65. The van der Waals surface area contributed by atoms with Gasteiger partial charge in [0.15, 0.2) is 0 Å². The van der Waals surface area contributed by atoms with E-state index in [0.29, 0.717) is 19.8 Å². The Kier molecular flexibility index (Phi) is 5.70. The summed E-state index contributed by atoms with van der Waals surface area (Å²) in [6, 6.07) is -0.291. The van der Waals surface area contributed by atoms with Crippen molar-refractivity contribution in [3.05, 3.63) is 0 Å². The van der Waals surface area contributed by atoms with Crippen molar-refractivity contribution in [2.24, 2.45) is 0 Å². The minimum Gasteiger partial charge on any atom is -0.383 e. The van der Waals surface area contributed by atoms with Crippen molar-refractivity contribution in [3.8, 4) is 0 Å². The molecule has 0 aromatic carbocycles. The molecule has 0 N–H and O–H groups in total. The molecule has 5 nitrogen and oxygen atoms in total. The first kappa shape index (κ1) is 13.9. The SMILES string of the molecule is COCCN1C(=O)N(CCOC)C(I)C1F. The maximum absolute atomic E-state index is 13.8. The van der Waals surface area contributed by atoms with Crippen molar-refractivity contribution < 1.29 is 18.7 Å². The van der Waals surface area contributed by atoms with Crippen LogP contribution in [0.5, 0.6) is 0 Å². The van der Waals surface area contributed by atoms with Crippen LogP contribution in [0.2, 0.25) is 0 Å². The van der Waals surface area contributed by atoms with Crippen LogP contribution in [-0.2, 0) is 9.47 Å². The van der Waals surface area contributed by atoms with Crippen LogP contribution >= 0.6 is 22.6 Å². The molecular formula is C9H16FIN2O3. The van der Waals surface area contributed by atoms with Crippen LogP contribution in [0.4, 0.5) is 9.18 Å². The van der Waals surface area contributed by atoms with Crippen LogP contribution in [0, 0.1) is 0 Å². The molecule has 2 amide bonds. The van der Waals surface area contributed by atoms with Gasteiger partial charge in [0.1, 0.15) is 4.05 Å². The molecule has 1 saturated heterocycles. The topological polar surface area (TPSA) is 42.0 Å². The lowest BCUT2D eigenvalue weighted by atomic mass is 10.5. The highest BCUT2D eigenvalue weighted by molar-refractivity contribution is 14.1. The van der Waals surface area contributed by atoms with E-state index < -0.39 is 10.3 Å². The van der Waals surface area contributed by atoms with Gasteiger partial charge in [-0.3, -0.25) is 4.90 Å². The minimum absolute atomic E-state index is 0.277. The largest absolute Gasteiger partial charge is 0.383 e. The number of amides is 2.